The van der Waals surface area contributed by atoms with Crippen LogP contribution in [0.1, 0.15) is 0 Å². The van der Waals surface area contributed by atoms with Crippen LogP contribution in [0.25, 0.3) is 0 Å². The smallest absolute Gasteiger partial charge is 0.0197 e. The van der Waals surface area contributed by atoms with E-state index in [1.165, 1.54) is 0 Å². The number of rotatable bonds is 2. The Morgan fingerprint density at radius 3 is 2.50 bits per heavy atom. The maximum atomic E-state index is 3.50. The van der Waals surface area contributed by atoms with E-state index in [0.29, 0.717) is 0 Å². The summed E-state index contributed by atoms with van der Waals surface area (Å²) in [5.41, 5.74) is 0. The van der Waals surface area contributed by atoms with Gasteiger partial charge < -0.3 is 0 Å². The fraction of sp³-hybridized carbons (Fsp3) is 0.200. The Morgan fingerprint density at radius 2 is 2.33 bits per heavy atom. The first-order valence-electron chi connectivity index (χ1n) is 1.89. The summed E-state index contributed by atoms with van der Waals surface area (Å²) in [5, 5.41) is 0. The topological polar surface area (TPSA) is 0 Å². The molecular formula is C5H9P. The zero-order valence-electron chi connectivity index (χ0n) is 3.72. The van der Waals surface area contributed by atoms with Gasteiger partial charge in [0.15, 0.2) is 0 Å². The lowest BCUT2D eigenvalue weighted by atomic mass is 10.5. The van der Waals surface area contributed by atoms with Gasteiger partial charge in [-0.05, 0) is 6.16 Å². The summed E-state index contributed by atoms with van der Waals surface area (Å²) in [5.74, 6) is 0. The van der Waals surface area contributed by atoms with E-state index in [-0.39, 0.29) is 0 Å². The highest BCUT2D eigenvalue weighted by Gasteiger charge is 1.55. The minimum Gasteiger partial charge on any atom is -0.134 e. The lowest BCUT2D eigenvalue weighted by molar-refractivity contribution is 1.77. The molecule has 0 radical (unpaired) electrons. The Kier molecular flexibility index (Phi) is 4.84. The van der Waals surface area contributed by atoms with Crippen molar-refractivity contribution < 1.29 is 0 Å². The molecule has 0 aromatic rings. The average Bonchev–Trinajstić information content (AvgIpc) is 1.61. The molecule has 0 amide bonds. The zero-order chi connectivity index (χ0) is 4.83. The monoisotopic (exact) mass is 100 g/mol. The largest absolute Gasteiger partial charge is 0.134 e. The molecule has 1 unspecified atom stereocenters. The van der Waals surface area contributed by atoms with Gasteiger partial charge >= 0.3 is 0 Å². The predicted octanol–water partition coefficient (Wildman–Crippen LogP) is 1.60. The second-order valence-corrected chi connectivity index (χ2v) is 1.37. The lowest BCUT2D eigenvalue weighted by Crippen LogP contribution is -1.51. The molecule has 1 heteroatoms. The molecule has 0 heterocycles. The molecule has 0 rings (SSSR count). The van der Waals surface area contributed by atoms with E-state index >= 15 is 0 Å². The van der Waals surface area contributed by atoms with Gasteiger partial charge in [0.05, 0.1) is 0 Å². The molecule has 34 valence electrons. The summed E-state index contributed by atoms with van der Waals surface area (Å²) in [7, 11) is 2.59. The molecule has 0 bridgehead atoms. The highest BCUT2D eigenvalue weighted by atomic mass is 31.0. The maximum Gasteiger partial charge on any atom is -0.0197 e. The first-order chi connectivity index (χ1) is 2.91. The van der Waals surface area contributed by atoms with Crippen LogP contribution in [0.3, 0.4) is 0 Å². The number of allylic oxidation sites excluding steroid dienone is 3. The van der Waals surface area contributed by atoms with E-state index in [9.17, 15) is 0 Å². The van der Waals surface area contributed by atoms with E-state index in [1.54, 1.807) is 6.08 Å². The summed E-state index contributed by atoms with van der Waals surface area (Å²) in [6, 6.07) is 0. The Bertz CT molecular complexity index is 55.0. The Balaban J connectivity index is 2.94. The Morgan fingerprint density at radius 1 is 1.67 bits per heavy atom. The van der Waals surface area contributed by atoms with Crippen molar-refractivity contribution in [2.45, 2.75) is 0 Å². The van der Waals surface area contributed by atoms with E-state index in [2.05, 4.69) is 15.8 Å². The van der Waals surface area contributed by atoms with Crippen LogP contribution >= 0.6 is 9.24 Å². The first-order valence-corrected chi connectivity index (χ1v) is 2.71. The molecule has 0 saturated heterocycles. The third kappa shape index (κ3) is 3.91. The Labute approximate surface area is 41.1 Å². The van der Waals surface area contributed by atoms with Crippen LogP contribution in [-0.2, 0) is 0 Å². The molecule has 0 fully saturated rings. The van der Waals surface area contributed by atoms with Crippen molar-refractivity contribution >= 4 is 9.24 Å². The maximum absolute atomic E-state index is 3.50. The van der Waals surface area contributed by atoms with Crippen molar-refractivity contribution in [3.05, 3.63) is 24.8 Å². The van der Waals surface area contributed by atoms with Crippen molar-refractivity contribution in [2.24, 2.45) is 0 Å². The zero-order valence-corrected chi connectivity index (χ0v) is 4.88. The first kappa shape index (κ1) is 5.91. The summed E-state index contributed by atoms with van der Waals surface area (Å²) in [6.45, 7) is 3.50. The summed E-state index contributed by atoms with van der Waals surface area (Å²) >= 11 is 0. The van der Waals surface area contributed by atoms with E-state index < -0.39 is 0 Å². The molecule has 0 aliphatic rings. The molecule has 0 aliphatic heterocycles. The fourth-order valence-corrected chi connectivity index (χ4v) is 0.332. The fourth-order valence-electron chi connectivity index (χ4n) is 0.175. The van der Waals surface area contributed by atoms with Crippen molar-refractivity contribution in [3.63, 3.8) is 0 Å². The molecule has 0 N–H and O–H groups in total. The highest BCUT2D eigenvalue weighted by Crippen LogP contribution is 1.80. The highest BCUT2D eigenvalue weighted by molar-refractivity contribution is 7.16. The van der Waals surface area contributed by atoms with Gasteiger partial charge in [-0.25, -0.2) is 0 Å². The van der Waals surface area contributed by atoms with Gasteiger partial charge in [-0.15, -0.1) is 9.24 Å². The van der Waals surface area contributed by atoms with Crippen LogP contribution in [0.4, 0.5) is 0 Å². The standard InChI is InChI=1S/C5H9P/c1-2-3-4-5-6/h2-4H,1,5-6H2/b4-3+. The SMILES string of the molecule is C=C/C=C/CP. The minimum atomic E-state index is 1.02. The van der Waals surface area contributed by atoms with Crippen LogP contribution in [0.5, 0.6) is 0 Å². The van der Waals surface area contributed by atoms with Crippen molar-refractivity contribution in [1.82, 2.24) is 0 Å². The van der Waals surface area contributed by atoms with Crippen LogP contribution in [0.2, 0.25) is 0 Å². The summed E-state index contributed by atoms with van der Waals surface area (Å²) < 4.78 is 0. The second-order valence-electron chi connectivity index (χ2n) is 0.900. The van der Waals surface area contributed by atoms with Gasteiger partial charge in [0.2, 0.25) is 0 Å². The van der Waals surface area contributed by atoms with Crippen molar-refractivity contribution in [2.75, 3.05) is 6.16 Å². The normalized spacial score (nSPS) is 9.50. The number of hydrogen-bond donors (Lipinski definition) is 0. The van der Waals surface area contributed by atoms with Gasteiger partial charge in [0.1, 0.15) is 0 Å². The second kappa shape index (κ2) is 4.91. The molecule has 0 saturated carbocycles. The van der Waals surface area contributed by atoms with Crippen LogP contribution < -0.4 is 0 Å². The van der Waals surface area contributed by atoms with E-state index in [1.807, 2.05) is 12.2 Å². The molecule has 0 spiro atoms. The molecular weight excluding hydrogens is 91.0 g/mol. The summed E-state index contributed by atoms with van der Waals surface area (Å²) in [4.78, 5) is 0. The van der Waals surface area contributed by atoms with Crippen LogP contribution in [0, 0.1) is 0 Å². The van der Waals surface area contributed by atoms with Crippen LogP contribution in [0.15, 0.2) is 24.8 Å². The summed E-state index contributed by atoms with van der Waals surface area (Å²) in [6.07, 6.45) is 6.74. The van der Waals surface area contributed by atoms with E-state index in [4.69, 9.17) is 0 Å². The molecule has 0 aliphatic carbocycles. The Hall–Kier alpha value is -0.0900. The van der Waals surface area contributed by atoms with Gasteiger partial charge in [0, 0.05) is 0 Å². The molecule has 6 heavy (non-hydrogen) atoms. The quantitative estimate of drug-likeness (QED) is 0.365. The van der Waals surface area contributed by atoms with E-state index in [0.717, 1.165) is 6.16 Å². The molecule has 1 atom stereocenters. The predicted molar refractivity (Wildman–Crippen MR) is 33.9 cm³/mol. The van der Waals surface area contributed by atoms with Gasteiger partial charge in [-0.3, -0.25) is 0 Å². The minimum absolute atomic E-state index is 1.02. The van der Waals surface area contributed by atoms with Gasteiger partial charge in [0.25, 0.3) is 0 Å². The average molecular weight is 100 g/mol. The van der Waals surface area contributed by atoms with Crippen LogP contribution in [-0.4, -0.2) is 6.16 Å². The molecule has 0 nitrogen and oxygen atoms in total. The lowest BCUT2D eigenvalue weighted by Gasteiger charge is -1.67. The number of hydrogen-bond acceptors (Lipinski definition) is 0. The molecule has 0 aromatic heterocycles. The molecule has 0 aromatic carbocycles. The van der Waals surface area contributed by atoms with Crippen molar-refractivity contribution in [1.29, 1.82) is 0 Å². The van der Waals surface area contributed by atoms with Gasteiger partial charge in [-0.1, -0.05) is 24.8 Å². The third-order valence-electron chi connectivity index (χ3n) is 0.408. The van der Waals surface area contributed by atoms with Crippen molar-refractivity contribution in [3.8, 4) is 0 Å². The van der Waals surface area contributed by atoms with Gasteiger partial charge in [-0.2, -0.15) is 0 Å². The third-order valence-corrected chi connectivity index (χ3v) is 0.680.